The van der Waals surface area contributed by atoms with Gasteiger partial charge in [-0.25, -0.2) is 0 Å². The SMILES string of the molecule is CC1CCC(CCCCCCCCCC=O)(CCCCCCCCCC=O)C1.CCCCC/C=C\C/C=C\CCCCCCCCCC1(CCCCCCCCC/C=C\C/C=C\CCCCC)CCC(C)C1.CCCCC/C=C\CC[P+](c1ccccc1)(c1ccccc1)c1ccccc1.[I-]. The maximum atomic E-state index is 10.3. The van der Waals surface area contributed by atoms with Crippen molar-refractivity contribution in [1.82, 2.24) is 0 Å². The molecular weight excluding hydrogens is 1350 g/mol. The Labute approximate surface area is 645 Å². The number of rotatable bonds is 62. The van der Waals surface area contributed by atoms with Crippen LogP contribution in [0.25, 0.3) is 0 Å². The average molecular weight is 1520 g/mol. The Morgan fingerprint density at radius 1 is 0.307 bits per heavy atom. The Hall–Kier alpha value is -3.14. The maximum Gasteiger partial charge on any atom is 0.119 e. The van der Waals surface area contributed by atoms with E-state index >= 15 is 0 Å². The van der Waals surface area contributed by atoms with Crippen molar-refractivity contribution >= 4 is 35.7 Å². The van der Waals surface area contributed by atoms with Crippen LogP contribution in [0.4, 0.5) is 0 Å². The number of hydrogen-bond donors (Lipinski definition) is 0. The summed E-state index contributed by atoms with van der Waals surface area (Å²) in [4.78, 5) is 20.6. The predicted octanol–water partition coefficient (Wildman–Crippen LogP) is 27.7. The van der Waals surface area contributed by atoms with Crippen molar-refractivity contribution in [2.24, 2.45) is 22.7 Å². The number of allylic oxidation sites excluding steroid dienone is 10. The van der Waals surface area contributed by atoms with Crippen molar-refractivity contribution in [3.63, 3.8) is 0 Å². The molecule has 2 aliphatic rings. The Balaban J connectivity index is 0.000000533. The van der Waals surface area contributed by atoms with Crippen LogP contribution in [0.2, 0.25) is 0 Å². The van der Waals surface area contributed by atoms with Crippen LogP contribution in [0, 0.1) is 22.7 Å². The number of benzene rings is 3. The highest BCUT2D eigenvalue weighted by Crippen LogP contribution is 2.56. The number of unbranched alkanes of at least 4 members (excludes halogenated alkanes) is 37. The van der Waals surface area contributed by atoms with Crippen molar-refractivity contribution in [3.8, 4) is 0 Å². The highest BCUT2D eigenvalue weighted by molar-refractivity contribution is 7.95. The molecule has 0 radical (unpaired) electrons. The number of aldehydes is 2. The minimum absolute atomic E-state index is 0. The topological polar surface area (TPSA) is 34.1 Å². The van der Waals surface area contributed by atoms with Crippen molar-refractivity contribution in [3.05, 3.63) is 152 Å². The molecule has 2 unspecified atom stereocenters. The largest absolute Gasteiger partial charge is 1.00 e. The lowest BCUT2D eigenvalue weighted by Gasteiger charge is -2.30. The summed E-state index contributed by atoms with van der Waals surface area (Å²) in [5, 5.41) is 4.44. The van der Waals surface area contributed by atoms with E-state index in [1.54, 1.807) is 0 Å². The lowest BCUT2D eigenvalue weighted by molar-refractivity contribution is -0.108. The van der Waals surface area contributed by atoms with Crippen LogP contribution >= 0.6 is 7.26 Å². The van der Waals surface area contributed by atoms with Crippen LogP contribution in [-0.2, 0) is 9.59 Å². The van der Waals surface area contributed by atoms with Crippen molar-refractivity contribution in [2.75, 3.05) is 6.16 Å². The third-order valence-electron chi connectivity index (χ3n) is 22.6. The monoisotopic (exact) mass is 1520 g/mol. The molecule has 101 heavy (non-hydrogen) atoms. The third-order valence-corrected chi connectivity index (χ3v) is 27.1. The molecule has 0 aliphatic heterocycles. The second-order valence-electron chi connectivity index (χ2n) is 31.7. The van der Waals surface area contributed by atoms with Crippen LogP contribution in [0.1, 0.15) is 401 Å². The molecule has 0 aromatic heterocycles. The third kappa shape index (κ3) is 47.9. The van der Waals surface area contributed by atoms with Crippen LogP contribution in [0.3, 0.4) is 0 Å². The predicted molar refractivity (Wildman–Crippen MR) is 451 cm³/mol. The molecule has 0 saturated heterocycles. The molecule has 2 fully saturated rings. The second kappa shape index (κ2) is 67.5. The summed E-state index contributed by atoms with van der Waals surface area (Å²) in [5.41, 5.74) is 1.39. The van der Waals surface area contributed by atoms with Gasteiger partial charge in [0.1, 0.15) is 35.7 Å². The quantitative estimate of drug-likeness (QED) is 0.0186. The molecule has 3 aromatic rings. The Kier molecular flexibility index (Phi) is 62.7. The van der Waals surface area contributed by atoms with Gasteiger partial charge in [-0.3, -0.25) is 0 Å². The molecule has 2 aliphatic carbocycles. The van der Waals surface area contributed by atoms with Crippen molar-refractivity contribution in [1.29, 1.82) is 0 Å². The first-order valence-corrected chi connectivity index (χ1v) is 45.5. The van der Waals surface area contributed by atoms with Crippen molar-refractivity contribution < 1.29 is 33.6 Å². The number of carbonyl (C=O) groups excluding carboxylic acids is 2. The van der Waals surface area contributed by atoms with E-state index in [0.29, 0.717) is 10.8 Å². The molecule has 0 spiro atoms. The molecule has 0 bridgehead atoms. The summed E-state index contributed by atoms with van der Waals surface area (Å²) < 4.78 is 0. The van der Waals surface area contributed by atoms with Gasteiger partial charge in [-0.1, -0.05) is 355 Å². The molecule has 4 heteroatoms. The number of hydrogen-bond acceptors (Lipinski definition) is 2. The highest BCUT2D eigenvalue weighted by atomic mass is 127. The Morgan fingerprint density at radius 2 is 0.545 bits per heavy atom. The van der Waals surface area contributed by atoms with Gasteiger partial charge in [-0.05, 0) is 200 Å². The summed E-state index contributed by atoms with van der Waals surface area (Å²) in [6, 6.07) is 33.5. The van der Waals surface area contributed by atoms with E-state index in [0.717, 1.165) is 69.4 Å². The van der Waals surface area contributed by atoms with Crippen LogP contribution in [-0.4, -0.2) is 18.7 Å². The first-order valence-electron chi connectivity index (χ1n) is 43.5. The molecule has 5 rings (SSSR count). The van der Waals surface area contributed by atoms with Gasteiger partial charge in [0.05, 0.1) is 6.16 Å². The second-order valence-corrected chi connectivity index (χ2v) is 35.3. The average Bonchev–Trinajstić information content (AvgIpc) is 1.12. The van der Waals surface area contributed by atoms with Crippen LogP contribution in [0.5, 0.6) is 0 Å². The molecule has 0 amide bonds. The van der Waals surface area contributed by atoms with Gasteiger partial charge < -0.3 is 33.6 Å². The van der Waals surface area contributed by atoms with E-state index in [-0.39, 0.29) is 24.0 Å². The first kappa shape index (κ1) is 93.9. The zero-order valence-electron chi connectivity index (χ0n) is 66.9. The fraction of sp³-hybridized carbons (Fsp3) is 0.691. The van der Waals surface area contributed by atoms with Gasteiger partial charge >= 0.3 is 0 Å². The lowest BCUT2D eigenvalue weighted by atomic mass is 9.76. The maximum absolute atomic E-state index is 10.3. The fourth-order valence-electron chi connectivity index (χ4n) is 16.6. The first-order chi connectivity index (χ1) is 49.3. The lowest BCUT2D eigenvalue weighted by Crippen LogP contribution is -3.00. The van der Waals surface area contributed by atoms with Crippen LogP contribution in [0.15, 0.2) is 152 Å². The summed E-state index contributed by atoms with van der Waals surface area (Å²) >= 11 is 0. The zero-order valence-corrected chi connectivity index (χ0v) is 69.9. The molecule has 0 N–H and O–H groups in total. The summed E-state index contributed by atoms with van der Waals surface area (Å²) in [7, 11) is -1.67. The Morgan fingerprint density at radius 3 is 0.802 bits per heavy atom. The minimum Gasteiger partial charge on any atom is -1.00 e. The molecule has 2 nitrogen and oxygen atoms in total. The zero-order chi connectivity index (χ0) is 71.5. The van der Waals surface area contributed by atoms with E-state index in [4.69, 9.17) is 0 Å². The minimum atomic E-state index is -1.67. The number of carbonyl (C=O) groups is 2. The van der Waals surface area contributed by atoms with Gasteiger partial charge in [0.2, 0.25) is 0 Å². The standard InChI is InChI=1S/C44H80.C27H32P.C26H48O2.HI/c1-4-6-8-10-12-14-16-18-20-22-24-26-28-30-32-34-36-39-44(41-38-43(3)42-44)40-37-35-33-31-29-27-25-23-21-19-17-15-13-11-9-7-5-2;1-2-3-4-5-6-7-17-24-28(25-18-11-8-12-19-25,26-20-13-9-14-21-26)27-22-15-10-16-23-27;1-25-18-21-26(24-25,19-14-10-6-2-4-8-12-16-22-27)20-15-11-7-3-5-9-13-17-23-28;/h12-15,18-21,43H,4-11,16-17,22-42H2,1-3H3;6-16,18-23H,2-5,17,24H2,1H3;22-23,25H,2-21,24H2,1H3;1H/q;+1;;/p-1/b14-12-,15-13-,20-18-,21-19-;7-6-;;. The van der Waals surface area contributed by atoms with Gasteiger partial charge in [-0.2, -0.15) is 0 Å². The summed E-state index contributed by atoms with van der Waals surface area (Å²) in [6.07, 6.45) is 104. The molecule has 2 saturated carbocycles. The van der Waals surface area contributed by atoms with Gasteiger partial charge in [0.25, 0.3) is 0 Å². The fourth-order valence-corrected chi connectivity index (χ4v) is 20.8. The van der Waals surface area contributed by atoms with Crippen LogP contribution < -0.4 is 39.9 Å². The smallest absolute Gasteiger partial charge is 0.119 e. The van der Waals surface area contributed by atoms with Gasteiger partial charge in [-0.15, -0.1) is 0 Å². The van der Waals surface area contributed by atoms with Gasteiger partial charge in [0, 0.05) is 19.3 Å². The number of halogens is 1. The van der Waals surface area contributed by atoms with Gasteiger partial charge in [0.15, 0.2) is 0 Å². The van der Waals surface area contributed by atoms with Crippen molar-refractivity contribution in [2.45, 2.75) is 401 Å². The molecule has 3 aromatic carbocycles. The Bertz CT molecular complexity index is 2250. The van der Waals surface area contributed by atoms with E-state index in [1.807, 2.05) is 0 Å². The van der Waals surface area contributed by atoms with E-state index in [1.165, 1.54) is 343 Å². The molecular formula is C97H160IO2P. The molecule has 572 valence electrons. The summed E-state index contributed by atoms with van der Waals surface area (Å²) in [5.74, 6) is 1.91. The normalized spacial score (nSPS) is 15.8. The van der Waals surface area contributed by atoms with E-state index < -0.39 is 7.26 Å². The molecule has 2 atom stereocenters. The van der Waals surface area contributed by atoms with E-state index in [2.05, 4.69) is 186 Å². The van der Waals surface area contributed by atoms with E-state index in [9.17, 15) is 9.59 Å². The summed E-state index contributed by atoms with van der Waals surface area (Å²) in [6.45, 7) is 11.8. The molecule has 0 heterocycles. The highest BCUT2D eigenvalue weighted by Gasteiger charge is 2.44.